The van der Waals surface area contributed by atoms with Crippen LogP contribution in [0.4, 0.5) is 4.79 Å². The lowest BCUT2D eigenvalue weighted by Gasteiger charge is -2.02. The van der Waals surface area contributed by atoms with Gasteiger partial charge in [0.15, 0.2) is 0 Å². The average molecular weight is 192 g/mol. The SMILES string of the molecule is NCC(=NNC(N)=O)c1ccccc1. The van der Waals surface area contributed by atoms with Crippen LogP contribution in [0.5, 0.6) is 0 Å². The molecule has 0 atom stereocenters. The summed E-state index contributed by atoms with van der Waals surface area (Å²) in [6, 6.07) is 8.63. The van der Waals surface area contributed by atoms with Gasteiger partial charge in [-0.3, -0.25) is 0 Å². The van der Waals surface area contributed by atoms with Crippen LogP contribution in [-0.4, -0.2) is 18.3 Å². The van der Waals surface area contributed by atoms with E-state index in [-0.39, 0.29) is 6.54 Å². The highest BCUT2D eigenvalue weighted by atomic mass is 16.2. The molecule has 0 fully saturated rings. The molecule has 0 heterocycles. The first kappa shape index (κ1) is 10.2. The molecule has 1 aromatic carbocycles. The molecule has 0 spiro atoms. The summed E-state index contributed by atoms with van der Waals surface area (Å²) in [5, 5.41) is 3.78. The summed E-state index contributed by atoms with van der Waals surface area (Å²) in [5.41, 5.74) is 13.9. The summed E-state index contributed by atoms with van der Waals surface area (Å²) in [7, 11) is 0. The first-order valence-electron chi connectivity index (χ1n) is 4.11. The number of primary amides is 1. The topological polar surface area (TPSA) is 93.5 Å². The molecule has 0 aliphatic carbocycles. The molecular formula is C9H12N4O. The normalized spacial score (nSPS) is 11.1. The summed E-state index contributed by atoms with van der Waals surface area (Å²) in [6.45, 7) is 0.240. The highest BCUT2D eigenvalue weighted by molar-refractivity contribution is 6.02. The molecule has 2 amide bonds. The second-order valence-corrected chi connectivity index (χ2v) is 2.60. The first-order valence-corrected chi connectivity index (χ1v) is 4.11. The van der Waals surface area contributed by atoms with E-state index in [1.165, 1.54) is 0 Å². The highest BCUT2D eigenvalue weighted by Gasteiger charge is 2.00. The number of hydrogen-bond acceptors (Lipinski definition) is 3. The quantitative estimate of drug-likeness (QED) is 0.465. The Kier molecular flexibility index (Phi) is 3.63. The van der Waals surface area contributed by atoms with Crippen LogP contribution in [0, 0.1) is 0 Å². The Hall–Kier alpha value is -1.88. The molecule has 0 saturated heterocycles. The molecule has 0 aliphatic heterocycles. The number of rotatable bonds is 3. The maximum atomic E-state index is 10.4. The number of nitrogens with one attached hydrogen (secondary N) is 1. The van der Waals surface area contributed by atoms with Gasteiger partial charge in [-0.05, 0) is 5.56 Å². The zero-order valence-electron chi connectivity index (χ0n) is 7.60. The van der Waals surface area contributed by atoms with Crippen LogP contribution in [0.25, 0.3) is 0 Å². The van der Waals surface area contributed by atoms with Crippen LogP contribution in [0.2, 0.25) is 0 Å². The van der Waals surface area contributed by atoms with Gasteiger partial charge in [-0.15, -0.1) is 0 Å². The third kappa shape index (κ3) is 2.87. The fraction of sp³-hybridized carbons (Fsp3) is 0.111. The van der Waals surface area contributed by atoms with Crippen molar-refractivity contribution in [3.8, 4) is 0 Å². The number of urea groups is 1. The third-order valence-electron chi connectivity index (χ3n) is 1.60. The van der Waals surface area contributed by atoms with Crippen molar-refractivity contribution in [1.82, 2.24) is 5.43 Å². The van der Waals surface area contributed by atoms with Gasteiger partial charge in [0.25, 0.3) is 0 Å². The first-order chi connectivity index (χ1) is 6.74. The maximum Gasteiger partial charge on any atom is 0.332 e. The molecule has 0 bridgehead atoms. The molecule has 0 aliphatic rings. The molecule has 74 valence electrons. The maximum absolute atomic E-state index is 10.4. The lowest BCUT2D eigenvalue weighted by atomic mass is 10.1. The van der Waals surface area contributed by atoms with E-state index in [2.05, 4.69) is 10.5 Å². The predicted octanol–water partition coefficient (Wildman–Crippen LogP) is 0.0177. The molecule has 0 radical (unpaired) electrons. The minimum atomic E-state index is -0.702. The van der Waals surface area contributed by atoms with Gasteiger partial charge >= 0.3 is 6.03 Å². The lowest BCUT2D eigenvalue weighted by Crippen LogP contribution is -2.28. The number of nitrogens with two attached hydrogens (primary N) is 2. The fourth-order valence-corrected chi connectivity index (χ4v) is 0.981. The summed E-state index contributed by atoms with van der Waals surface area (Å²) in [5.74, 6) is 0. The van der Waals surface area contributed by atoms with Crippen molar-refractivity contribution >= 4 is 11.7 Å². The van der Waals surface area contributed by atoms with Gasteiger partial charge in [-0.2, -0.15) is 5.10 Å². The number of hydrogen-bond donors (Lipinski definition) is 3. The second kappa shape index (κ2) is 4.98. The highest BCUT2D eigenvalue weighted by Crippen LogP contribution is 1.99. The summed E-state index contributed by atoms with van der Waals surface area (Å²) >= 11 is 0. The summed E-state index contributed by atoms with van der Waals surface area (Å²) in [6.07, 6.45) is 0. The van der Waals surface area contributed by atoms with Crippen LogP contribution in [0.1, 0.15) is 5.56 Å². The number of hydrazone groups is 1. The van der Waals surface area contributed by atoms with Crippen LogP contribution >= 0.6 is 0 Å². The Morgan fingerprint density at radius 1 is 1.36 bits per heavy atom. The molecule has 0 aromatic heterocycles. The van der Waals surface area contributed by atoms with E-state index in [1.807, 2.05) is 30.3 Å². The molecule has 5 N–H and O–H groups in total. The van der Waals surface area contributed by atoms with Crippen molar-refractivity contribution in [2.45, 2.75) is 0 Å². The number of nitrogens with zero attached hydrogens (tertiary/aromatic N) is 1. The zero-order valence-corrected chi connectivity index (χ0v) is 7.60. The van der Waals surface area contributed by atoms with Gasteiger partial charge in [0.05, 0.1) is 5.71 Å². The smallest absolute Gasteiger partial charge is 0.332 e. The predicted molar refractivity (Wildman–Crippen MR) is 54.8 cm³/mol. The standard InChI is InChI=1S/C9H12N4O/c10-6-8(12-13-9(11)14)7-4-2-1-3-5-7/h1-5H,6,10H2,(H3,11,13,14). The van der Waals surface area contributed by atoms with E-state index in [1.54, 1.807) is 0 Å². The largest absolute Gasteiger partial charge is 0.350 e. The van der Waals surface area contributed by atoms with Crippen molar-refractivity contribution in [2.24, 2.45) is 16.6 Å². The van der Waals surface area contributed by atoms with Crippen molar-refractivity contribution in [1.29, 1.82) is 0 Å². The summed E-state index contributed by atoms with van der Waals surface area (Å²) < 4.78 is 0. The van der Waals surface area contributed by atoms with Crippen molar-refractivity contribution in [2.75, 3.05) is 6.54 Å². The van der Waals surface area contributed by atoms with E-state index in [9.17, 15) is 4.79 Å². The number of carbonyl (C=O) groups excluding carboxylic acids is 1. The van der Waals surface area contributed by atoms with E-state index < -0.39 is 6.03 Å². The van der Waals surface area contributed by atoms with E-state index in [4.69, 9.17) is 11.5 Å². The third-order valence-corrected chi connectivity index (χ3v) is 1.60. The van der Waals surface area contributed by atoms with Gasteiger partial charge < -0.3 is 11.5 Å². The van der Waals surface area contributed by atoms with Crippen molar-refractivity contribution in [3.63, 3.8) is 0 Å². The monoisotopic (exact) mass is 192 g/mol. The minimum Gasteiger partial charge on any atom is -0.350 e. The van der Waals surface area contributed by atoms with Gasteiger partial charge in [-0.25, -0.2) is 10.2 Å². The van der Waals surface area contributed by atoms with Crippen molar-refractivity contribution < 1.29 is 4.79 Å². The molecule has 14 heavy (non-hydrogen) atoms. The molecular weight excluding hydrogens is 180 g/mol. The minimum absolute atomic E-state index is 0.240. The second-order valence-electron chi connectivity index (χ2n) is 2.60. The zero-order chi connectivity index (χ0) is 10.4. The van der Waals surface area contributed by atoms with Crippen molar-refractivity contribution in [3.05, 3.63) is 35.9 Å². The lowest BCUT2D eigenvalue weighted by molar-refractivity contribution is 0.249. The Balaban J connectivity index is 2.82. The Morgan fingerprint density at radius 3 is 2.50 bits per heavy atom. The van der Waals surface area contributed by atoms with Gasteiger partial charge in [-0.1, -0.05) is 30.3 Å². The van der Waals surface area contributed by atoms with Gasteiger partial charge in [0.1, 0.15) is 0 Å². The number of amides is 2. The Bertz CT molecular complexity index is 334. The van der Waals surface area contributed by atoms with Gasteiger partial charge in [0, 0.05) is 6.54 Å². The molecule has 0 unspecified atom stereocenters. The fourth-order valence-electron chi connectivity index (χ4n) is 0.981. The molecule has 1 aromatic rings. The Morgan fingerprint density at radius 2 is 2.00 bits per heavy atom. The molecule has 0 saturated carbocycles. The molecule has 5 heteroatoms. The summed E-state index contributed by atoms with van der Waals surface area (Å²) in [4.78, 5) is 10.4. The average Bonchev–Trinajstić information content (AvgIpc) is 2.20. The van der Waals surface area contributed by atoms with Crippen LogP contribution < -0.4 is 16.9 Å². The number of benzene rings is 1. The molecule has 5 nitrogen and oxygen atoms in total. The van der Waals surface area contributed by atoms with E-state index in [0.717, 1.165) is 5.56 Å². The van der Waals surface area contributed by atoms with Crippen LogP contribution in [0.3, 0.4) is 0 Å². The van der Waals surface area contributed by atoms with Gasteiger partial charge in [0.2, 0.25) is 0 Å². The Labute approximate surface area is 81.8 Å². The number of carbonyl (C=O) groups is 1. The molecule has 1 rings (SSSR count). The van der Waals surface area contributed by atoms with E-state index >= 15 is 0 Å². The van der Waals surface area contributed by atoms with E-state index in [0.29, 0.717) is 5.71 Å². The van der Waals surface area contributed by atoms with Crippen LogP contribution in [0.15, 0.2) is 35.4 Å². The van der Waals surface area contributed by atoms with Crippen LogP contribution in [-0.2, 0) is 0 Å².